The molecule has 146 valence electrons. The third-order valence-corrected chi connectivity index (χ3v) is 4.72. The number of ketones is 1. The maximum Gasteiger partial charge on any atom is 0.294 e. The van der Waals surface area contributed by atoms with Gasteiger partial charge in [0.05, 0.1) is 11.8 Å². The maximum atomic E-state index is 12.9. The number of benzene rings is 1. The number of Topliss-reactive ketones (excluding diaryl/α,β-unsaturated/α-hetero) is 1. The van der Waals surface area contributed by atoms with Gasteiger partial charge in [-0.25, -0.2) is 0 Å². The lowest BCUT2D eigenvalue weighted by atomic mass is 9.95. The van der Waals surface area contributed by atoms with Crippen molar-refractivity contribution in [2.45, 2.75) is 26.3 Å². The number of carbonyl (C=O) groups excluding carboxylic acids is 2. The number of furan rings is 1. The van der Waals surface area contributed by atoms with Gasteiger partial charge in [0.15, 0.2) is 23.0 Å². The first-order valence-electron chi connectivity index (χ1n) is 9.20. The Kier molecular flexibility index (Phi) is 4.58. The fraction of sp³-hybridized carbons (Fsp3) is 0.333. The minimum absolute atomic E-state index is 0.0588. The molecule has 1 amide bonds. The highest BCUT2D eigenvalue weighted by molar-refractivity contribution is 6.16. The number of ether oxygens (including phenoxy) is 2. The lowest BCUT2D eigenvalue weighted by Gasteiger charge is -2.27. The van der Waals surface area contributed by atoms with Gasteiger partial charge in [0.1, 0.15) is 25.0 Å². The lowest BCUT2D eigenvalue weighted by Crippen LogP contribution is -2.31. The Bertz CT molecular complexity index is 944. The van der Waals surface area contributed by atoms with Crippen molar-refractivity contribution in [1.82, 2.24) is 0 Å². The second-order valence-electron chi connectivity index (χ2n) is 7.20. The standard InChI is InChI=1S/C21H21NO6/c1-12(2)10-14(23)18-19(16-4-3-7-26-16)22(21(25)20(18)24)13-5-6-15-17(11-13)28-9-8-27-15/h3-7,11-12,19,24H,8-10H2,1-2H3. The quantitative estimate of drug-likeness (QED) is 0.849. The monoisotopic (exact) mass is 383 g/mol. The van der Waals surface area contributed by atoms with Crippen LogP contribution in [0.3, 0.4) is 0 Å². The summed E-state index contributed by atoms with van der Waals surface area (Å²) in [5.41, 5.74) is 0.540. The smallest absolute Gasteiger partial charge is 0.294 e. The van der Waals surface area contributed by atoms with Crippen LogP contribution in [0, 0.1) is 5.92 Å². The third-order valence-electron chi connectivity index (χ3n) is 4.72. The molecule has 3 heterocycles. The predicted molar refractivity (Wildman–Crippen MR) is 100 cm³/mol. The van der Waals surface area contributed by atoms with E-state index in [1.54, 1.807) is 30.3 Å². The van der Waals surface area contributed by atoms with Gasteiger partial charge in [0.25, 0.3) is 5.91 Å². The number of anilines is 1. The van der Waals surface area contributed by atoms with E-state index in [9.17, 15) is 14.7 Å². The number of fused-ring (bicyclic) bond motifs is 1. The molecule has 1 aromatic heterocycles. The Hall–Kier alpha value is -3.22. The molecule has 1 N–H and O–H groups in total. The highest BCUT2D eigenvalue weighted by Crippen LogP contribution is 2.44. The molecule has 4 rings (SSSR count). The zero-order chi connectivity index (χ0) is 19.8. The highest BCUT2D eigenvalue weighted by atomic mass is 16.6. The number of hydrogen-bond donors (Lipinski definition) is 1. The van der Waals surface area contributed by atoms with Gasteiger partial charge in [-0.15, -0.1) is 0 Å². The summed E-state index contributed by atoms with van der Waals surface area (Å²) in [4.78, 5) is 27.1. The first-order valence-corrected chi connectivity index (χ1v) is 9.20. The first kappa shape index (κ1) is 18.2. The lowest BCUT2D eigenvalue weighted by molar-refractivity contribution is -0.118. The van der Waals surface area contributed by atoms with Gasteiger partial charge in [-0.3, -0.25) is 14.5 Å². The molecular formula is C21H21NO6. The largest absolute Gasteiger partial charge is 0.503 e. The Labute approximate surface area is 162 Å². The van der Waals surface area contributed by atoms with Crippen molar-refractivity contribution in [2.24, 2.45) is 5.92 Å². The molecule has 2 aliphatic rings. The van der Waals surface area contributed by atoms with Crippen LogP contribution in [0.4, 0.5) is 5.69 Å². The molecule has 1 aromatic carbocycles. The summed E-state index contributed by atoms with van der Waals surface area (Å²) >= 11 is 0. The maximum absolute atomic E-state index is 12.9. The van der Waals surface area contributed by atoms with Gasteiger partial charge in [-0.1, -0.05) is 13.8 Å². The van der Waals surface area contributed by atoms with E-state index in [2.05, 4.69) is 0 Å². The van der Waals surface area contributed by atoms with Crippen LogP contribution in [0.5, 0.6) is 11.5 Å². The van der Waals surface area contributed by atoms with Crippen molar-refractivity contribution in [2.75, 3.05) is 18.1 Å². The first-order chi connectivity index (χ1) is 13.5. The second-order valence-corrected chi connectivity index (χ2v) is 7.20. The Morgan fingerprint density at radius 3 is 2.64 bits per heavy atom. The molecule has 0 saturated carbocycles. The zero-order valence-electron chi connectivity index (χ0n) is 15.7. The molecule has 7 nitrogen and oxygen atoms in total. The van der Waals surface area contributed by atoms with E-state index in [0.29, 0.717) is 36.2 Å². The summed E-state index contributed by atoms with van der Waals surface area (Å²) in [6.07, 6.45) is 1.70. The summed E-state index contributed by atoms with van der Waals surface area (Å²) < 4.78 is 16.7. The summed E-state index contributed by atoms with van der Waals surface area (Å²) in [5, 5.41) is 10.6. The predicted octanol–water partition coefficient (Wildman–Crippen LogP) is 3.57. The molecule has 1 unspecified atom stereocenters. The topological polar surface area (TPSA) is 89.2 Å². The second kappa shape index (κ2) is 7.07. The summed E-state index contributed by atoms with van der Waals surface area (Å²) in [6.45, 7) is 4.69. The Morgan fingerprint density at radius 2 is 1.96 bits per heavy atom. The molecule has 0 bridgehead atoms. The van der Waals surface area contributed by atoms with E-state index < -0.39 is 17.7 Å². The molecule has 7 heteroatoms. The third kappa shape index (κ3) is 3.02. The molecule has 0 radical (unpaired) electrons. The summed E-state index contributed by atoms with van der Waals surface area (Å²) in [7, 11) is 0. The zero-order valence-corrected chi connectivity index (χ0v) is 15.7. The number of aliphatic hydroxyl groups excluding tert-OH is 1. The number of aliphatic hydroxyl groups is 1. The van der Waals surface area contributed by atoms with E-state index in [1.807, 2.05) is 13.8 Å². The summed E-state index contributed by atoms with van der Waals surface area (Å²) in [5.74, 6) is 0.123. The van der Waals surface area contributed by atoms with Gasteiger partial charge in [-0.2, -0.15) is 0 Å². The van der Waals surface area contributed by atoms with Gasteiger partial charge < -0.3 is 19.0 Å². The minimum Gasteiger partial charge on any atom is -0.503 e. The van der Waals surface area contributed by atoms with E-state index in [0.717, 1.165) is 0 Å². The molecule has 1 atom stereocenters. The van der Waals surface area contributed by atoms with Crippen molar-refractivity contribution >= 4 is 17.4 Å². The number of nitrogens with zero attached hydrogens (tertiary/aromatic N) is 1. The number of rotatable bonds is 5. The molecular weight excluding hydrogens is 362 g/mol. The number of amides is 1. The fourth-order valence-corrected chi connectivity index (χ4v) is 3.54. The van der Waals surface area contributed by atoms with E-state index in [4.69, 9.17) is 13.9 Å². The normalized spacial score (nSPS) is 18.9. The van der Waals surface area contributed by atoms with Gasteiger partial charge in [0, 0.05) is 18.2 Å². The van der Waals surface area contributed by atoms with Crippen LogP contribution in [-0.2, 0) is 9.59 Å². The minimum atomic E-state index is -0.837. The summed E-state index contributed by atoms with van der Waals surface area (Å²) in [6, 6.07) is 7.61. The van der Waals surface area contributed by atoms with Gasteiger partial charge in [-0.05, 0) is 30.2 Å². The van der Waals surface area contributed by atoms with Crippen LogP contribution in [0.1, 0.15) is 32.1 Å². The SMILES string of the molecule is CC(C)CC(=O)C1=C(O)C(=O)N(c2ccc3c(c2)OCCO3)C1c1ccco1. The molecule has 2 aliphatic heterocycles. The van der Waals surface area contributed by atoms with Crippen LogP contribution in [0.2, 0.25) is 0 Å². The van der Waals surface area contributed by atoms with Crippen molar-refractivity contribution in [3.05, 3.63) is 53.7 Å². The van der Waals surface area contributed by atoms with E-state index in [-0.39, 0.29) is 23.7 Å². The molecule has 0 spiro atoms. The highest BCUT2D eigenvalue weighted by Gasteiger charge is 2.45. The van der Waals surface area contributed by atoms with Gasteiger partial charge >= 0.3 is 0 Å². The van der Waals surface area contributed by atoms with Crippen molar-refractivity contribution in [1.29, 1.82) is 0 Å². The van der Waals surface area contributed by atoms with Crippen LogP contribution < -0.4 is 14.4 Å². The van der Waals surface area contributed by atoms with Crippen molar-refractivity contribution < 1.29 is 28.6 Å². The van der Waals surface area contributed by atoms with Crippen LogP contribution in [-0.4, -0.2) is 30.0 Å². The Balaban J connectivity index is 1.79. The van der Waals surface area contributed by atoms with Crippen LogP contribution in [0.25, 0.3) is 0 Å². The average molecular weight is 383 g/mol. The van der Waals surface area contributed by atoms with Crippen molar-refractivity contribution in [3.8, 4) is 11.5 Å². The van der Waals surface area contributed by atoms with Gasteiger partial charge in [0.2, 0.25) is 0 Å². The van der Waals surface area contributed by atoms with Crippen LogP contribution in [0.15, 0.2) is 52.3 Å². The fourth-order valence-electron chi connectivity index (χ4n) is 3.54. The molecule has 0 aliphatic carbocycles. The molecule has 0 fully saturated rings. The van der Waals surface area contributed by atoms with Crippen LogP contribution >= 0.6 is 0 Å². The molecule has 2 aromatic rings. The number of carbonyl (C=O) groups is 2. The Morgan fingerprint density at radius 1 is 1.21 bits per heavy atom. The van der Waals surface area contributed by atoms with E-state index >= 15 is 0 Å². The van der Waals surface area contributed by atoms with Crippen molar-refractivity contribution in [3.63, 3.8) is 0 Å². The molecule has 0 saturated heterocycles. The molecule has 28 heavy (non-hydrogen) atoms. The van der Waals surface area contributed by atoms with E-state index in [1.165, 1.54) is 11.2 Å². The number of hydrogen-bond acceptors (Lipinski definition) is 6. The average Bonchev–Trinajstić information content (AvgIpc) is 3.28.